The van der Waals surface area contributed by atoms with Gasteiger partial charge < -0.3 is 14.3 Å². The molecule has 1 rings (SSSR count). The summed E-state index contributed by atoms with van der Waals surface area (Å²) in [6.45, 7) is 2.00. The van der Waals surface area contributed by atoms with Gasteiger partial charge in [-0.25, -0.2) is 0 Å². The number of methoxy groups -OCH3 is 2. The third-order valence-corrected chi connectivity index (χ3v) is 2.39. The Morgan fingerprint density at radius 2 is 2.00 bits per heavy atom. The molecule has 0 aromatic heterocycles. The molecule has 1 aromatic carbocycles. The highest BCUT2D eigenvalue weighted by atomic mass is 16.5. The van der Waals surface area contributed by atoms with Crippen molar-refractivity contribution < 1.29 is 14.3 Å². The van der Waals surface area contributed by atoms with Crippen LogP contribution in [0.4, 0.5) is 0 Å². The monoisotopic (exact) mass is 208 g/mol. The van der Waals surface area contributed by atoms with E-state index in [9.17, 15) is 4.79 Å². The summed E-state index contributed by atoms with van der Waals surface area (Å²) < 4.78 is 10.5. The number of aryl methyl sites for hydroxylation is 1. The summed E-state index contributed by atoms with van der Waals surface area (Å²) in [6.07, 6.45) is 2.11. The zero-order chi connectivity index (χ0) is 11.3. The van der Waals surface area contributed by atoms with Gasteiger partial charge in [0, 0.05) is 12.0 Å². The molecule has 0 saturated carbocycles. The molecule has 3 nitrogen and oxygen atoms in total. The molecule has 0 amide bonds. The summed E-state index contributed by atoms with van der Waals surface area (Å²) in [5.74, 6) is 1.45. The maximum Gasteiger partial charge on any atom is 0.164 e. The Morgan fingerprint density at radius 3 is 2.53 bits per heavy atom. The highest BCUT2D eigenvalue weighted by Gasteiger charge is 2.11. The quantitative estimate of drug-likeness (QED) is 0.695. The Bertz CT molecular complexity index is 345. The highest BCUT2D eigenvalue weighted by Crippen LogP contribution is 2.33. The van der Waals surface area contributed by atoms with Crippen LogP contribution in [0.2, 0.25) is 0 Å². The molecule has 0 spiro atoms. The standard InChI is InChI=1S/C12H16O3/c1-9-6-7-11(14-2)12(15-3)10(9)5-4-8-13/h6-8H,4-5H2,1-3H3. The lowest BCUT2D eigenvalue weighted by Gasteiger charge is -2.14. The van der Waals surface area contributed by atoms with Crippen LogP contribution in [0.1, 0.15) is 17.5 Å². The number of carbonyl (C=O) groups is 1. The number of benzene rings is 1. The molecule has 15 heavy (non-hydrogen) atoms. The average molecular weight is 208 g/mol. The van der Waals surface area contributed by atoms with Crippen molar-refractivity contribution in [3.8, 4) is 11.5 Å². The van der Waals surface area contributed by atoms with Crippen LogP contribution in [0.5, 0.6) is 11.5 Å². The molecule has 0 aliphatic heterocycles. The first-order valence-corrected chi connectivity index (χ1v) is 4.88. The Morgan fingerprint density at radius 1 is 1.27 bits per heavy atom. The number of hydrogen-bond acceptors (Lipinski definition) is 3. The van der Waals surface area contributed by atoms with Crippen LogP contribution in [0, 0.1) is 6.92 Å². The van der Waals surface area contributed by atoms with Gasteiger partial charge in [0.05, 0.1) is 14.2 Å². The molecule has 0 bridgehead atoms. The van der Waals surface area contributed by atoms with E-state index in [4.69, 9.17) is 9.47 Å². The molecule has 0 atom stereocenters. The van der Waals surface area contributed by atoms with Crippen molar-refractivity contribution in [1.29, 1.82) is 0 Å². The minimum atomic E-state index is 0.504. The van der Waals surface area contributed by atoms with Gasteiger partial charge in [-0.05, 0) is 25.0 Å². The number of carbonyl (C=O) groups excluding carboxylic acids is 1. The maximum atomic E-state index is 10.4. The van der Waals surface area contributed by atoms with E-state index < -0.39 is 0 Å². The predicted molar refractivity (Wildman–Crippen MR) is 58.7 cm³/mol. The lowest BCUT2D eigenvalue weighted by Crippen LogP contribution is -1.99. The van der Waals surface area contributed by atoms with Crippen molar-refractivity contribution in [1.82, 2.24) is 0 Å². The lowest BCUT2D eigenvalue weighted by atomic mass is 10.0. The third-order valence-electron chi connectivity index (χ3n) is 2.39. The molecule has 0 unspecified atom stereocenters. The van der Waals surface area contributed by atoms with E-state index in [1.165, 1.54) is 0 Å². The van der Waals surface area contributed by atoms with E-state index in [0.717, 1.165) is 23.2 Å². The van der Waals surface area contributed by atoms with E-state index in [-0.39, 0.29) is 0 Å². The minimum Gasteiger partial charge on any atom is -0.493 e. The van der Waals surface area contributed by atoms with Gasteiger partial charge in [-0.1, -0.05) is 6.07 Å². The first kappa shape index (κ1) is 11.6. The molecule has 1 aromatic rings. The fourth-order valence-corrected chi connectivity index (χ4v) is 1.60. The molecular weight excluding hydrogens is 192 g/mol. The molecule has 0 fully saturated rings. The van der Waals surface area contributed by atoms with E-state index >= 15 is 0 Å². The van der Waals surface area contributed by atoms with Gasteiger partial charge in [-0.15, -0.1) is 0 Å². The molecular formula is C12H16O3. The second-order valence-electron chi connectivity index (χ2n) is 3.30. The van der Waals surface area contributed by atoms with Crippen molar-refractivity contribution in [3.05, 3.63) is 23.3 Å². The van der Waals surface area contributed by atoms with E-state index in [1.807, 2.05) is 19.1 Å². The molecule has 0 saturated heterocycles. The number of hydrogen-bond donors (Lipinski definition) is 0. The molecule has 3 heteroatoms. The first-order valence-electron chi connectivity index (χ1n) is 4.88. The Balaban J connectivity index is 3.13. The number of ether oxygens (including phenoxy) is 2. The zero-order valence-corrected chi connectivity index (χ0v) is 9.37. The predicted octanol–water partition coefficient (Wildman–Crippen LogP) is 2.14. The maximum absolute atomic E-state index is 10.4. The van der Waals surface area contributed by atoms with Crippen molar-refractivity contribution in [2.24, 2.45) is 0 Å². The molecule has 0 aliphatic carbocycles. The molecule has 0 aliphatic rings. The van der Waals surface area contributed by atoms with Crippen LogP contribution in [0.25, 0.3) is 0 Å². The van der Waals surface area contributed by atoms with Crippen LogP contribution in [-0.2, 0) is 11.2 Å². The smallest absolute Gasteiger partial charge is 0.164 e. The van der Waals surface area contributed by atoms with Gasteiger partial charge in [-0.2, -0.15) is 0 Å². The molecule has 0 radical (unpaired) electrons. The van der Waals surface area contributed by atoms with Gasteiger partial charge >= 0.3 is 0 Å². The van der Waals surface area contributed by atoms with Crippen molar-refractivity contribution in [2.75, 3.05) is 14.2 Å². The van der Waals surface area contributed by atoms with Gasteiger partial charge in [0.2, 0.25) is 0 Å². The van der Waals surface area contributed by atoms with Crippen LogP contribution in [0.3, 0.4) is 0 Å². The average Bonchev–Trinajstić information content (AvgIpc) is 2.27. The number of aldehydes is 1. The Hall–Kier alpha value is -1.51. The van der Waals surface area contributed by atoms with Crippen LogP contribution in [0.15, 0.2) is 12.1 Å². The second-order valence-corrected chi connectivity index (χ2v) is 3.30. The van der Waals surface area contributed by atoms with Crippen molar-refractivity contribution in [3.63, 3.8) is 0 Å². The largest absolute Gasteiger partial charge is 0.493 e. The fourth-order valence-electron chi connectivity index (χ4n) is 1.60. The first-order chi connectivity index (χ1) is 7.24. The molecule has 0 N–H and O–H groups in total. The highest BCUT2D eigenvalue weighted by molar-refractivity contribution is 5.54. The lowest BCUT2D eigenvalue weighted by molar-refractivity contribution is -0.107. The van der Waals surface area contributed by atoms with Crippen LogP contribution >= 0.6 is 0 Å². The topological polar surface area (TPSA) is 35.5 Å². The third kappa shape index (κ3) is 2.49. The van der Waals surface area contributed by atoms with E-state index in [2.05, 4.69) is 0 Å². The molecule has 82 valence electrons. The normalized spacial score (nSPS) is 9.80. The van der Waals surface area contributed by atoms with Gasteiger partial charge in [0.1, 0.15) is 6.29 Å². The van der Waals surface area contributed by atoms with Crippen molar-refractivity contribution in [2.45, 2.75) is 19.8 Å². The molecule has 0 heterocycles. The van der Waals surface area contributed by atoms with Crippen LogP contribution in [-0.4, -0.2) is 20.5 Å². The second kappa shape index (κ2) is 5.39. The summed E-state index contributed by atoms with van der Waals surface area (Å²) in [5, 5.41) is 0. The van der Waals surface area contributed by atoms with Crippen molar-refractivity contribution >= 4 is 6.29 Å². The SMILES string of the molecule is COc1ccc(C)c(CCC=O)c1OC. The fraction of sp³-hybridized carbons (Fsp3) is 0.417. The van der Waals surface area contributed by atoms with Crippen LogP contribution < -0.4 is 9.47 Å². The summed E-state index contributed by atoms with van der Waals surface area (Å²) in [6, 6.07) is 3.85. The zero-order valence-electron chi connectivity index (χ0n) is 9.37. The Kier molecular flexibility index (Phi) is 4.16. The van der Waals surface area contributed by atoms with Gasteiger partial charge in [-0.3, -0.25) is 0 Å². The van der Waals surface area contributed by atoms with E-state index in [1.54, 1.807) is 14.2 Å². The van der Waals surface area contributed by atoms with Gasteiger partial charge in [0.25, 0.3) is 0 Å². The van der Waals surface area contributed by atoms with E-state index in [0.29, 0.717) is 18.6 Å². The Labute approximate surface area is 90.0 Å². The number of rotatable bonds is 5. The summed E-state index contributed by atoms with van der Waals surface area (Å²) in [4.78, 5) is 10.4. The summed E-state index contributed by atoms with van der Waals surface area (Å²) in [7, 11) is 3.22. The summed E-state index contributed by atoms with van der Waals surface area (Å²) >= 11 is 0. The van der Waals surface area contributed by atoms with Gasteiger partial charge in [0.15, 0.2) is 11.5 Å². The minimum absolute atomic E-state index is 0.504. The summed E-state index contributed by atoms with van der Waals surface area (Å²) in [5.41, 5.74) is 2.17.